The Bertz CT molecular complexity index is 838. The molecule has 3 heterocycles. The highest BCUT2D eigenvalue weighted by Crippen LogP contribution is 2.45. The molecule has 3 amide bonds. The summed E-state index contributed by atoms with van der Waals surface area (Å²) < 4.78 is 0. The van der Waals surface area contributed by atoms with Gasteiger partial charge in [-0.25, -0.2) is 0 Å². The Kier molecular flexibility index (Phi) is 4.25. The minimum Gasteiger partial charge on any atom is -0.322 e. The molecule has 3 N–H and O–H groups in total. The normalized spacial score (nSPS) is 31.9. The molecule has 28 heavy (non-hydrogen) atoms. The van der Waals surface area contributed by atoms with Crippen LogP contribution in [0, 0.1) is 5.41 Å². The van der Waals surface area contributed by atoms with Crippen LogP contribution in [0.25, 0.3) is 0 Å². The van der Waals surface area contributed by atoms with Crippen LogP contribution < -0.4 is 16.0 Å². The molecule has 1 unspecified atom stereocenters. The van der Waals surface area contributed by atoms with E-state index < -0.39 is 6.04 Å². The largest absolute Gasteiger partial charge is 0.322 e. The Hall–Kier alpha value is -2.25. The molecular formula is C21H26N4O3. The molecule has 1 saturated carbocycles. The van der Waals surface area contributed by atoms with Crippen molar-refractivity contribution >= 4 is 17.7 Å². The van der Waals surface area contributed by atoms with E-state index in [2.05, 4.69) is 16.0 Å². The number of carbonyl (C=O) groups excluding carboxylic acids is 3. The molecule has 1 atom stereocenters. The van der Waals surface area contributed by atoms with Crippen LogP contribution in [0.3, 0.4) is 0 Å². The van der Waals surface area contributed by atoms with Gasteiger partial charge >= 0.3 is 0 Å². The average molecular weight is 382 g/mol. The molecule has 148 valence electrons. The second-order valence-electron chi connectivity index (χ2n) is 8.76. The minimum absolute atomic E-state index is 0.0908. The van der Waals surface area contributed by atoms with Crippen LogP contribution in [-0.2, 0) is 22.7 Å². The molecule has 1 aromatic carbocycles. The fourth-order valence-corrected chi connectivity index (χ4v) is 5.37. The number of piperidine rings is 1. The maximum absolute atomic E-state index is 13.1. The van der Waals surface area contributed by atoms with Crippen LogP contribution in [0.4, 0.5) is 0 Å². The van der Waals surface area contributed by atoms with E-state index in [9.17, 15) is 14.4 Å². The highest BCUT2D eigenvalue weighted by molar-refractivity contribution is 6.05. The predicted molar refractivity (Wildman–Crippen MR) is 102 cm³/mol. The summed E-state index contributed by atoms with van der Waals surface area (Å²) in [4.78, 5) is 38.4. The highest BCUT2D eigenvalue weighted by atomic mass is 16.2. The molecular weight excluding hydrogens is 356 g/mol. The quantitative estimate of drug-likeness (QED) is 0.667. The summed E-state index contributed by atoms with van der Waals surface area (Å²) in [5.74, 6) is -0.708. The first-order valence-electron chi connectivity index (χ1n) is 10.2. The number of hydrogen-bond acceptors (Lipinski definition) is 5. The lowest BCUT2D eigenvalue weighted by atomic mass is 9.65. The van der Waals surface area contributed by atoms with Crippen molar-refractivity contribution in [1.29, 1.82) is 0 Å². The van der Waals surface area contributed by atoms with Gasteiger partial charge in [-0.15, -0.1) is 0 Å². The maximum Gasteiger partial charge on any atom is 0.255 e. The molecule has 1 aromatic rings. The van der Waals surface area contributed by atoms with Crippen LogP contribution in [-0.4, -0.2) is 47.8 Å². The third-order valence-electron chi connectivity index (χ3n) is 6.91. The second kappa shape index (κ2) is 6.67. The number of fused-ring (bicyclic) bond motifs is 1. The van der Waals surface area contributed by atoms with E-state index in [1.54, 1.807) is 4.90 Å². The van der Waals surface area contributed by atoms with E-state index in [0.717, 1.165) is 29.8 Å². The summed E-state index contributed by atoms with van der Waals surface area (Å²) in [5, 5.41) is 9.44. The van der Waals surface area contributed by atoms with Gasteiger partial charge in [-0.2, -0.15) is 0 Å². The molecule has 1 spiro atoms. The average Bonchev–Trinajstić information content (AvgIpc) is 3.25. The third kappa shape index (κ3) is 2.93. The summed E-state index contributed by atoms with van der Waals surface area (Å²) in [7, 11) is 0. The van der Waals surface area contributed by atoms with Crippen molar-refractivity contribution in [2.45, 2.75) is 57.3 Å². The fourth-order valence-electron chi connectivity index (χ4n) is 5.37. The number of imide groups is 1. The van der Waals surface area contributed by atoms with Gasteiger partial charge in [0.1, 0.15) is 6.04 Å². The molecule has 5 rings (SSSR count). The lowest BCUT2D eigenvalue weighted by Crippen LogP contribution is -2.52. The first-order valence-corrected chi connectivity index (χ1v) is 10.2. The zero-order valence-corrected chi connectivity index (χ0v) is 15.9. The van der Waals surface area contributed by atoms with Crippen molar-refractivity contribution in [2.75, 3.05) is 13.1 Å². The third-order valence-corrected chi connectivity index (χ3v) is 6.91. The predicted octanol–water partition coefficient (Wildman–Crippen LogP) is 0.679. The van der Waals surface area contributed by atoms with Gasteiger partial charge in [0.05, 0.1) is 0 Å². The van der Waals surface area contributed by atoms with Gasteiger partial charge in [0, 0.05) is 37.7 Å². The fraction of sp³-hybridized carbons (Fsp3) is 0.571. The smallest absolute Gasteiger partial charge is 0.255 e. The molecule has 3 aliphatic heterocycles. The van der Waals surface area contributed by atoms with E-state index in [-0.39, 0.29) is 24.1 Å². The zero-order valence-electron chi connectivity index (χ0n) is 15.9. The van der Waals surface area contributed by atoms with E-state index in [1.807, 2.05) is 18.2 Å². The Morgan fingerprint density at radius 2 is 2.07 bits per heavy atom. The monoisotopic (exact) mass is 382 g/mol. The first kappa shape index (κ1) is 17.8. The number of nitrogens with one attached hydrogen (secondary N) is 3. The van der Waals surface area contributed by atoms with Crippen LogP contribution in [0.2, 0.25) is 0 Å². The van der Waals surface area contributed by atoms with Crippen LogP contribution in [0.15, 0.2) is 18.2 Å². The van der Waals surface area contributed by atoms with Crippen LogP contribution >= 0.6 is 0 Å². The zero-order chi connectivity index (χ0) is 19.3. The van der Waals surface area contributed by atoms with E-state index in [1.165, 1.54) is 19.3 Å². The van der Waals surface area contributed by atoms with Crippen molar-refractivity contribution in [1.82, 2.24) is 20.9 Å². The van der Waals surface area contributed by atoms with Crippen LogP contribution in [0.1, 0.15) is 53.6 Å². The number of rotatable bonds is 4. The topological polar surface area (TPSA) is 90.5 Å². The first-order chi connectivity index (χ1) is 13.5. The van der Waals surface area contributed by atoms with Crippen molar-refractivity contribution in [3.63, 3.8) is 0 Å². The van der Waals surface area contributed by atoms with Crippen LogP contribution in [0.5, 0.6) is 0 Å². The molecule has 1 aliphatic carbocycles. The van der Waals surface area contributed by atoms with E-state index >= 15 is 0 Å². The highest BCUT2D eigenvalue weighted by Gasteiger charge is 2.46. The van der Waals surface area contributed by atoms with E-state index in [0.29, 0.717) is 31.0 Å². The number of hydrogen-bond donors (Lipinski definition) is 3. The molecule has 2 saturated heterocycles. The van der Waals surface area contributed by atoms with Gasteiger partial charge in [0.25, 0.3) is 5.91 Å². The van der Waals surface area contributed by atoms with Crippen molar-refractivity contribution in [2.24, 2.45) is 5.41 Å². The molecule has 7 heteroatoms. The minimum atomic E-state index is -0.556. The van der Waals surface area contributed by atoms with Crippen molar-refractivity contribution < 1.29 is 14.4 Å². The molecule has 0 aromatic heterocycles. The van der Waals surface area contributed by atoms with E-state index in [4.69, 9.17) is 0 Å². The molecule has 0 radical (unpaired) electrons. The number of nitrogens with zero attached hydrogens (tertiary/aromatic N) is 1. The van der Waals surface area contributed by atoms with Gasteiger partial charge in [0.15, 0.2) is 0 Å². The Labute approximate surface area is 164 Å². The molecule has 3 fully saturated rings. The lowest BCUT2D eigenvalue weighted by molar-refractivity contribution is -0.136. The molecule has 7 nitrogen and oxygen atoms in total. The molecule has 0 bridgehead atoms. The summed E-state index contributed by atoms with van der Waals surface area (Å²) in [6.07, 6.45) is 4.35. The SMILES string of the molecule is O=C1CCC(N2Cc3cccc(CNC4CC5(CCNC5)C4)c3C2=O)C(=O)N1. The van der Waals surface area contributed by atoms with Gasteiger partial charge in [-0.3, -0.25) is 19.7 Å². The number of benzene rings is 1. The Balaban J connectivity index is 1.26. The van der Waals surface area contributed by atoms with Gasteiger partial charge in [0.2, 0.25) is 11.8 Å². The lowest BCUT2D eigenvalue weighted by Gasteiger charge is -2.45. The maximum atomic E-state index is 13.1. The summed E-state index contributed by atoms with van der Waals surface area (Å²) >= 11 is 0. The second-order valence-corrected chi connectivity index (χ2v) is 8.76. The number of amides is 3. The van der Waals surface area contributed by atoms with Crippen molar-refractivity contribution in [3.05, 3.63) is 34.9 Å². The summed E-state index contributed by atoms with van der Waals surface area (Å²) in [6, 6.07) is 5.91. The Morgan fingerprint density at radius 1 is 1.21 bits per heavy atom. The standard InChI is InChI=1S/C21H26N4O3/c26-17-5-4-16(19(27)24-17)25-11-14-3-1-2-13(18(14)20(25)28)10-23-15-8-21(9-15)6-7-22-12-21/h1-3,15-16,22-23H,4-12H2,(H,24,26,27). The van der Waals surface area contributed by atoms with Gasteiger partial charge in [-0.05, 0) is 48.8 Å². The van der Waals surface area contributed by atoms with Gasteiger partial charge in [-0.1, -0.05) is 18.2 Å². The van der Waals surface area contributed by atoms with Gasteiger partial charge < -0.3 is 15.5 Å². The number of carbonyl (C=O) groups is 3. The summed E-state index contributed by atoms with van der Waals surface area (Å²) in [5.41, 5.74) is 3.20. The Morgan fingerprint density at radius 3 is 2.82 bits per heavy atom. The summed E-state index contributed by atoms with van der Waals surface area (Å²) in [6.45, 7) is 3.37. The molecule has 4 aliphatic rings. The van der Waals surface area contributed by atoms with Crippen molar-refractivity contribution in [3.8, 4) is 0 Å².